The van der Waals surface area contributed by atoms with E-state index in [4.69, 9.17) is 21.2 Å². The summed E-state index contributed by atoms with van der Waals surface area (Å²) in [6.45, 7) is 0.494. The summed E-state index contributed by atoms with van der Waals surface area (Å²) in [4.78, 5) is 6.43. The Morgan fingerprint density at radius 2 is 2.39 bits per heavy atom. The van der Waals surface area contributed by atoms with Gasteiger partial charge in [-0.15, -0.1) is 0 Å². The summed E-state index contributed by atoms with van der Waals surface area (Å²) in [6.07, 6.45) is -1.60. The number of rotatable bonds is 3. The first-order chi connectivity index (χ1) is 10.9. The fourth-order valence-corrected chi connectivity index (χ4v) is 2.47. The minimum absolute atomic E-state index is 0.0480. The Morgan fingerprint density at radius 3 is 2.91 bits per heavy atom. The van der Waals surface area contributed by atoms with Gasteiger partial charge in [0.25, 0.3) is 5.62 Å². The topological polar surface area (TPSA) is 199 Å². The molecule has 1 saturated heterocycles. The molecule has 2 heterocycles. The number of aromatic nitrogens is 2. The monoisotopic (exact) mass is 322 g/mol. The minimum Gasteiger partial charge on any atom is -0.408 e. The number of azide groups is 1. The number of nitrogen functional groups attached to an aromatic ring is 1. The largest absolute Gasteiger partial charge is 0.408 e. The SMILES string of the molecule is C[C@]1(N=[N+]=[N-])[C@H](n2ccc(N)n/c2=N\O)O[C@](C#N)(CO)[C@H]1O. The molecule has 1 fully saturated rings. The fraction of sp³-hybridized carbons (Fsp3) is 0.545. The van der Waals surface area contributed by atoms with E-state index >= 15 is 0 Å². The van der Waals surface area contributed by atoms with E-state index in [0.29, 0.717) is 0 Å². The van der Waals surface area contributed by atoms with Gasteiger partial charge >= 0.3 is 0 Å². The fourth-order valence-electron chi connectivity index (χ4n) is 2.47. The van der Waals surface area contributed by atoms with Crippen LogP contribution in [0.3, 0.4) is 0 Å². The summed E-state index contributed by atoms with van der Waals surface area (Å²) >= 11 is 0. The number of nitriles is 1. The van der Waals surface area contributed by atoms with Gasteiger partial charge in [0.1, 0.15) is 23.5 Å². The molecule has 0 spiro atoms. The van der Waals surface area contributed by atoms with Crippen LogP contribution in [0.15, 0.2) is 22.5 Å². The first-order valence-electron chi connectivity index (χ1n) is 6.35. The third kappa shape index (κ3) is 2.33. The van der Waals surface area contributed by atoms with Crippen molar-refractivity contribution in [2.45, 2.75) is 30.4 Å². The Balaban J connectivity index is 2.70. The van der Waals surface area contributed by atoms with Crippen molar-refractivity contribution >= 4 is 5.82 Å². The number of nitrogens with zero attached hydrogens (tertiary/aromatic N) is 7. The van der Waals surface area contributed by atoms with E-state index in [1.807, 2.05) is 0 Å². The van der Waals surface area contributed by atoms with Crippen LogP contribution in [0.25, 0.3) is 10.4 Å². The third-order valence-electron chi connectivity index (χ3n) is 3.71. The zero-order valence-electron chi connectivity index (χ0n) is 12.0. The molecule has 4 atom stereocenters. The maximum Gasteiger partial charge on any atom is 0.270 e. The molecule has 0 saturated carbocycles. The number of hydrogen-bond donors (Lipinski definition) is 4. The van der Waals surface area contributed by atoms with Crippen LogP contribution in [0, 0.1) is 11.3 Å². The van der Waals surface area contributed by atoms with Gasteiger partial charge in [-0.25, -0.2) is 0 Å². The summed E-state index contributed by atoms with van der Waals surface area (Å²) in [5.74, 6) is 0.0480. The molecule has 1 aromatic heterocycles. The van der Waals surface area contributed by atoms with E-state index < -0.39 is 30.1 Å². The first kappa shape index (κ1) is 16.5. The van der Waals surface area contributed by atoms with Gasteiger partial charge in [-0.3, -0.25) is 4.57 Å². The molecule has 23 heavy (non-hydrogen) atoms. The average Bonchev–Trinajstić information content (AvgIpc) is 2.77. The number of aliphatic hydroxyl groups excluding tert-OH is 2. The van der Waals surface area contributed by atoms with Gasteiger partial charge in [0.2, 0.25) is 5.60 Å². The summed E-state index contributed by atoms with van der Waals surface area (Å²) in [5.41, 5.74) is 10.3. The van der Waals surface area contributed by atoms with E-state index in [1.54, 1.807) is 6.07 Å². The van der Waals surface area contributed by atoms with E-state index in [0.717, 1.165) is 4.57 Å². The molecule has 1 aliphatic rings. The van der Waals surface area contributed by atoms with Crippen molar-refractivity contribution in [1.82, 2.24) is 9.55 Å². The number of nitrogens with two attached hydrogens (primary N) is 1. The molecule has 122 valence electrons. The molecule has 12 heteroatoms. The van der Waals surface area contributed by atoms with Crippen molar-refractivity contribution in [2.24, 2.45) is 10.3 Å². The number of anilines is 1. The van der Waals surface area contributed by atoms with Gasteiger partial charge in [-0.2, -0.15) is 10.2 Å². The molecule has 12 nitrogen and oxygen atoms in total. The lowest BCUT2D eigenvalue weighted by Gasteiger charge is -2.28. The van der Waals surface area contributed by atoms with Gasteiger partial charge in [-0.1, -0.05) is 5.11 Å². The number of ether oxygens (including phenoxy) is 1. The molecular weight excluding hydrogens is 308 g/mol. The first-order valence-corrected chi connectivity index (χ1v) is 6.35. The second-order valence-electron chi connectivity index (χ2n) is 5.11. The van der Waals surface area contributed by atoms with Crippen molar-refractivity contribution in [1.29, 1.82) is 5.26 Å². The lowest BCUT2D eigenvalue weighted by atomic mass is 9.86. The minimum atomic E-state index is -2.02. The maximum atomic E-state index is 10.4. The highest BCUT2D eigenvalue weighted by molar-refractivity contribution is 5.25. The highest BCUT2D eigenvalue weighted by Gasteiger charge is 2.62. The Hall–Kier alpha value is -2.84. The average molecular weight is 322 g/mol. The Bertz CT molecular complexity index is 766. The van der Waals surface area contributed by atoms with Crippen molar-refractivity contribution in [3.05, 3.63) is 28.3 Å². The van der Waals surface area contributed by atoms with Crippen LogP contribution in [-0.2, 0) is 4.74 Å². The van der Waals surface area contributed by atoms with E-state index in [9.17, 15) is 15.5 Å². The molecule has 0 bridgehead atoms. The highest BCUT2D eigenvalue weighted by atomic mass is 16.6. The Kier molecular flexibility index (Phi) is 4.13. The number of hydrogen-bond acceptors (Lipinski definition) is 9. The van der Waals surface area contributed by atoms with E-state index in [1.165, 1.54) is 19.2 Å². The number of aliphatic hydroxyl groups is 2. The van der Waals surface area contributed by atoms with Crippen LogP contribution >= 0.6 is 0 Å². The van der Waals surface area contributed by atoms with Crippen molar-refractivity contribution in [3.63, 3.8) is 0 Å². The van der Waals surface area contributed by atoms with E-state index in [2.05, 4.69) is 20.2 Å². The van der Waals surface area contributed by atoms with Gasteiger partial charge in [0, 0.05) is 11.1 Å². The van der Waals surface area contributed by atoms with Crippen LogP contribution in [-0.4, -0.2) is 48.8 Å². The molecule has 5 N–H and O–H groups in total. The molecular formula is C11H14N8O4. The summed E-state index contributed by atoms with van der Waals surface area (Å²) in [7, 11) is 0. The predicted molar refractivity (Wildman–Crippen MR) is 73.1 cm³/mol. The standard InChI is InChI=1S/C11H14N8O4/c1-10(17-18-14)7(21)11(4-12,5-20)23-8(10)19-3-2-6(13)15-9(19)16-22/h2-3,7-8,20-22H,5H2,1H3,(H2,13,15,16)/t7-,8+,10+,11+/m0/s1. The second kappa shape index (κ2) is 5.75. The van der Waals surface area contributed by atoms with Gasteiger partial charge in [0.05, 0.1) is 6.61 Å². The molecule has 1 aromatic rings. The third-order valence-corrected chi connectivity index (χ3v) is 3.71. The van der Waals surface area contributed by atoms with Crippen LogP contribution in [0.5, 0.6) is 0 Å². The molecule has 1 aliphatic heterocycles. The Labute approximate surface area is 129 Å². The molecule has 2 rings (SSSR count). The smallest absolute Gasteiger partial charge is 0.270 e. The predicted octanol–water partition coefficient (Wildman–Crippen LogP) is -1.03. The summed E-state index contributed by atoms with van der Waals surface area (Å²) in [5, 5.41) is 44.7. The van der Waals surface area contributed by atoms with Crippen molar-refractivity contribution < 1.29 is 20.2 Å². The van der Waals surface area contributed by atoms with Crippen molar-refractivity contribution in [2.75, 3.05) is 12.3 Å². The highest BCUT2D eigenvalue weighted by Crippen LogP contribution is 2.46. The Morgan fingerprint density at radius 1 is 1.70 bits per heavy atom. The summed E-state index contributed by atoms with van der Waals surface area (Å²) < 4.78 is 6.61. The molecule has 0 aromatic carbocycles. The van der Waals surface area contributed by atoms with Crippen LogP contribution in [0.2, 0.25) is 0 Å². The van der Waals surface area contributed by atoms with Crippen LogP contribution in [0.1, 0.15) is 13.2 Å². The lowest BCUT2D eigenvalue weighted by molar-refractivity contribution is -0.0940. The quantitative estimate of drug-likeness (QED) is 0.179. The van der Waals surface area contributed by atoms with Gasteiger partial charge in [-0.05, 0) is 23.7 Å². The van der Waals surface area contributed by atoms with Gasteiger partial charge in [0.15, 0.2) is 6.23 Å². The molecule has 0 aliphatic carbocycles. The van der Waals surface area contributed by atoms with Gasteiger partial charge < -0.3 is 25.9 Å². The zero-order chi connectivity index (χ0) is 17.3. The molecule has 0 amide bonds. The van der Waals surface area contributed by atoms with Crippen LogP contribution in [0.4, 0.5) is 5.82 Å². The second-order valence-corrected chi connectivity index (χ2v) is 5.11. The van der Waals surface area contributed by atoms with E-state index in [-0.39, 0.29) is 11.4 Å². The lowest BCUT2D eigenvalue weighted by Crippen LogP contribution is -2.49. The normalized spacial score (nSPS) is 33.9. The van der Waals surface area contributed by atoms with Crippen molar-refractivity contribution in [3.8, 4) is 6.07 Å². The molecule has 0 unspecified atom stereocenters. The zero-order valence-corrected chi connectivity index (χ0v) is 12.0. The maximum absolute atomic E-state index is 10.4. The molecule has 0 radical (unpaired) electrons. The summed E-state index contributed by atoms with van der Waals surface area (Å²) in [6, 6.07) is 3.04. The van der Waals surface area contributed by atoms with Crippen LogP contribution < -0.4 is 11.4 Å².